The average Bonchev–Trinajstić information content (AvgIpc) is 2.49. The maximum absolute atomic E-state index is 12.8. The van der Waals surface area contributed by atoms with Crippen LogP contribution in [-0.2, 0) is 10.8 Å². The van der Waals surface area contributed by atoms with Gasteiger partial charge in [0, 0.05) is 0 Å². The number of rotatable bonds is 10. The van der Waals surface area contributed by atoms with Crippen molar-refractivity contribution in [3.8, 4) is 0 Å². The fourth-order valence-electron chi connectivity index (χ4n) is 2.78. The molecule has 0 bridgehead atoms. The van der Waals surface area contributed by atoms with Crippen LogP contribution in [0.1, 0.15) is 64.4 Å². The van der Waals surface area contributed by atoms with E-state index in [2.05, 4.69) is 13.8 Å². The first-order valence-corrected chi connectivity index (χ1v) is 8.77. The molecule has 3 heteroatoms. The summed E-state index contributed by atoms with van der Waals surface area (Å²) in [6.45, 7) is 4.46. The standard InChI is InChI=1S/C17H29FOSi/c1-3-17(4-2,19-20)14-8-6-5-7-9-15-10-12-16(18)13-11-15/h10-13H,3-9,14H2,1-2,20H3. The fraction of sp³-hybridized carbons (Fsp3) is 0.647. The summed E-state index contributed by atoms with van der Waals surface area (Å²) in [6, 6.07) is 6.89. The van der Waals surface area contributed by atoms with Gasteiger partial charge in [0.2, 0.25) is 0 Å². The SMILES string of the molecule is CCC(CC)(CCCCCCc1ccc(F)cc1)O[SiH3]. The number of unbranched alkanes of at least 4 members (excludes halogenated alkanes) is 3. The zero-order valence-corrected chi connectivity index (χ0v) is 15.3. The second-order valence-electron chi connectivity index (χ2n) is 5.63. The Bertz CT molecular complexity index is 351. The zero-order valence-electron chi connectivity index (χ0n) is 13.3. The number of hydrogen-bond acceptors (Lipinski definition) is 1. The fourth-order valence-corrected chi connectivity index (χ4v) is 3.56. The van der Waals surface area contributed by atoms with Crippen LogP contribution in [0.5, 0.6) is 0 Å². The largest absolute Gasteiger partial charge is 0.422 e. The lowest BCUT2D eigenvalue weighted by Crippen LogP contribution is -2.30. The summed E-state index contributed by atoms with van der Waals surface area (Å²) in [5.41, 5.74) is 1.40. The molecule has 1 aromatic rings. The van der Waals surface area contributed by atoms with Crippen molar-refractivity contribution in [2.24, 2.45) is 0 Å². The number of aryl methyl sites for hydroxylation is 1. The Morgan fingerprint density at radius 3 is 2.15 bits per heavy atom. The smallest absolute Gasteiger partial charge is 0.146 e. The van der Waals surface area contributed by atoms with Gasteiger partial charge in [0.15, 0.2) is 0 Å². The number of hydrogen-bond donors (Lipinski definition) is 0. The van der Waals surface area contributed by atoms with E-state index in [1.165, 1.54) is 37.7 Å². The van der Waals surface area contributed by atoms with Crippen molar-refractivity contribution in [1.29, 1.82) is 0 Å². The Balaban J connectivity index is 2.14. The Labute approximate surface area is 126 Å². The Morgan fingerprint density at radius 1 is 1.00 bits per heavy atom. The van der Waals surface area contributed by atoms with Crippen LogP contribution in [0.2, 0.25) is 0 Å². The monoisotopic (exact) mass is 296 g/mol. The van der Waals surface area contributed by atoms with E-state index in [9.17, 15) is 4.39 Å². The van der Waals surface area contributed by atoms with Crippen molar-refractivity contribution in [2.75, 3.05) is 0 Å². The molecule has 0 radical (unpaired) electrons. The van der Waals surface area contributed by atoms with Crippen LogP contribution in [0, 0.1) is 5.82 Å². The van der Waals surface area contributed by atoms with Crippen LogP contribution >= 0.6 is 0 Å². The van der Waals surface area contributed by atoms with Crippen LogP contribution < -0.4 is 0 Å². The minimum absolute atomic E-state index is 0.146. The van der Waals surface area contributed by atoms with E-state index in [1.807, 2.05) is 12.1 Å². The first-order valence-electron chi connectivity index (χ1n) is 7.95. The van der Waals surface area contributed by atoms with E-state index < -0.39 is 0 Å². The van der Waals surface area contributed by atoms with Gasteiger partial charge in [-0.15, -0.1) is 0 Å². The molecule has 0 saturated heterocycles. The predicted molar refractivity (Wildman–Crippen MR) is 87.5 cm³/mol. The van der Waals surface area contributed by atoms with Crippen LogP contribution in [-0.4, -0.2) is 16.1 Å². The summed E-state index contributed by atoms with van der Waals surface area (Å²) >= 11 is 0. The van der Waals surface area contributed by atoms with E-state index in [1.54, 1.807) is 12.1 Å². The van der Waals surface area contributed by atoms with Gasteiger partial charge in [-0.05, 0) is 49.8 Å². The van der Waals surface area contributed by atoms with Crippen molar-refractivity contribution in [3.63, 3.8) is 0 Å². The second-order valence-corrected chi connectivity index (χ2v) is 6.04. The molecular formula is C17H29FOSi. The summed E-state index contributed by atoms with van der Waals surface area (Å²) in [5, 5.41) is 0. The number of halogens is 1. The highest BCUT2D eigenvalue weighted by atomic mass is 28.2. The van der Waals surface area contributed by atoms with E-state index >= 15 is 0 Å². The van der Waals surface area contributed by atoms with E-state index in [0.717, 1.165) is 29.7 Å². The molecule has 20 heavy (non-hydrogen) atoms. The van der Waals surface area contributed by atoms with Gasteiger partial charge in [0.25, 0.3) is 0 Å². The molecule has 0 aromatic heterocycles. The Hall–Kier alpha value is -0.673. The van der Waals surface area contributed by atoms with Gasteiger partial charge in [0.1, 0.15) is 16.3 Å². The van der Waals surface area contributed by atoms with E-state index in [-0.39, 0.29) is 11.4 Å². The molecular weight excluding hydrogens is 267 g/mol. The van der Waals surface area contributed by atoms with Gasteiger partial charge in [0.05, 0.1) is 5.60 Å². The minimum Gasteiger partial charge on any atom is -0.422 e. The third-order valence-corrected chi connectivity index (χ3v) is 5.35. The molecule has 0 fully saturated rings. The topological polar surface area (TPSA) is 9.23 Å². The molecule has 0 N–H and O–H groups in total. The van der Waals surface area contributed by atoms with E-state index in [4.69, 9.17) is 4.43 Å². The third-order valence-electron chi connectivity index (χ3n) is 4.48. The highest BCUT2D eigenvalue weighted by Crippen LogP contribution is 2.26. The van der Waals surface area contributed by atoms with Gasteiger partial charge < -0.3 is 4.43 Å². The summed E-state index contributed by atoms with van der Waals surface area (Å²) in [7, 11) is 0.837. The maximum Gasteiger partial charge on any atom is 0.146 e. The van der Waals surface area contributed by atoms with Crippen molar-refractivity contribution < 1.29 is 8.82 Å². The summed E-state index contributed by atoms with van der Waals surface area (Å²) < 4.78 is 18.6. The van der Waals surface area contributed by atoms with Gasteiger partial charge in [-0.3, -0.25) is 0 Å². The van der Waals surface area contributed by atoms with Crippen molar-refractivity contribution in [3.05, 3.63) is 35.6 Å². The van der Waals surface area contributed by atoms with Crippen LogP contribution in [0.15, 0.2) is 24.3 Å². The lowest BCUT2D eigenvalue weighted by Gasteiger charge is -2.31. The summed E-state index contributed by atoms with van der Waals surface area (Å²) in [4.78, 5) is 0. The van der Waals surface area contributed by atoms with Crippen LogP contribution in [0.25, 0.3) is 0 Å². The molecule has 1 rings (SSSR count). The van der Waals surface area contributed by atoms with Crippen LogP contribution in [0.4, 0.5) is 4.39 Å². The Morgan fingerprint density at radius 2 is 1.60 bits per heavy atom. The summed E-state index contributed by atoms with van der Waals surface area (Å²) in [5.74, 6) is -0.146. The van der Waals surface area contributed by atoms with Gasteiger partial charge in [-0.25, -0.2) is 4.39 Å². The quantitative estimate of drug-likeness (QED) is 0.465. The first kappa shape index (κ1) is 17.4. The molecule has 1 nitrogen and oxygen atoms in total. The molecule has 1 aromatic carbocycles. The maximum atomic E-state index is 12.8. The molecule has 0 aliphatic carbocycles. The molecule has 0 spiro atoms. The highest BCUT2D eigenvalue weighted by molar-refractivity contribution is 5.98. The van der Waals surface area contributed by atoms with Gasteiger partial charge in [-0.2, -0.15) is 0 Å². The first-order chi connectivity index (χ1) is 9.65. The van der Waals surface area contributed by atoms with Crippen molar-refractivity contribution in [1.82, 2.24) is 0 Å². The van der Waals surface area contributed by atoms with Gasteiger partial charge >= 0.3 is 0 Å². The van der Waals surface area contributed by atoms with Crippen LogP contribution in [0.3, 0.4) is 0 Å². The van der Waals surface area contributed by atoms with Gasteiger partial charge in [-0.1, -0.05) is 45.2 Å². The predicted octanol–water partition coefficient (Wildman–Crippen LogP) is 4.17. The molecule has 0 aliphatic rings. The molecule has 114 valence electrons. The lowest BCUT2D eigenvalue weighted by molar-refractivity contribution is 0.0583. The zero-order chi connectivity index (χ0) is 14.8. The average molecular weight is 297 g/mol. The lowest BCUT2D eigenvalue weighted by atomic mass is 9.90. The molecule has 0 amide bonds. The molecule has 0 atom stereocenters. The van der Waals surface area contributed by atoms with Crippen molar-refractivity contribution in [2.45, 2.75) is 70.8 Å². The molecule has 0 aliphatic heterocycles. The van der Waals surface area contributed by atoms with Crippen molar-refractivity contribution >= 4 is 10.5 Å². The number of benzene rings is 1. The highest BCUT2D eigenvalue weighted by Gasteiger charge is 2.23. The molecule has 0 unspecified atom stereocenters. The van der Waals surface area contributed by atoms with E-state index in [0.29, 0.717) is 0 Å². The normalized spacial score (nSPS) is 11.9. The molecule has 0 saturated carbocycles. The Kier molecular flexibility index (Phi) is 8.08. The second kappa shape index (κ2) is 9.30. The molecule has 0 heterocycles. The summed E-state index contributed by atoms with van der Waals surface area (Å²) in [6.07, 6.45) is 9.48. The minimum atomic E-state index is -0.146. The third kappa shape index (κ3) is 5.76.